The monoisotopic (exact) mass is 470 g/mol. The van der Waals surface area contributed by atoms with Gasteiger partial charge >= 0.3 is 5.97 Å². The Morgan fingerprint density at radius 3 is 2.23 bits per heavy atom. The summed E-state index contributed by atoms with van der Waals surface area (Å²) < 4.78 is 5.62. The van der Waals surface area contributed by atoms with Crippen LogP contribution in [0.1, 0.15) is 66.3 Å². The lowest BCUT2D eigenvalue weighted by molar-refractivity contribution is 0.00708. The third kappa shape index (κ3) is 6.10. The smallest absolute Gasteiger partial charge is 0.340 e. The number of hydrogen-bond acceptors (Lipinski definition) is 4. The maximum atomic E-state index is 13.5. The number of esters is 1. The molecule has 0 aromatic heterocycles. The van der Waals surface area contributed by atoms with Gasteiger partial charge in [-0.1, -0.05) is 42.5 Å². The molecule has 1 saturated heterocycles. The van der Waals surface area contributed by atoms with E-state index in [1.54, 1.807) is 6.07 Å². The van der Waals surface area contributed by atoms with Crippen molar-refractivity contribution in [2.45, 2.75) is 52.6 Å². The molecule has 1 amide bonds. The summed E-state index contributed by atoms with van der Waals surface area (Å²) in [5, 5.41) is 3.02. The molecule has 1 aliphatic heterocycles. The number of rotatable bonds is 5. The quantitative estimate of drug-likeness (QED) is 0.414. The summed E-state index contributed by atoms with van der Waals surface area (Å²) in [6, 6.07) is 21.4. The number of piperidine rings is 1. The fourth-order valence-electron chi connectivity index (χ4n) is 4.36. The van der Waals surface area contributed by atoms with Gasteiger partial charge in [-0.25, -0.2) is 4.79 Å². The van der Waals surface area contributed by atoms with E-state index in [1.807, 2.05) is 82.3 Å². The van der Waals surface area contributed by atoms with Gasteiger partial charge in [-0.2, -0.15) is 0 Å². The number of carbonyl (C=O) groups is 2. The van der Waals surface area contributed by atoms with E-state index < -0.39 is 11.6 Å². The van der Waals surface area contributed by atoms with E-state index >= 15 is 0 Å². The Bertz CT molecular complexity index is 1210. The number of amides is 1. The molecular weight excluding hydrogens is 436 g/mol. The van der Waals surface area contributed by atoms with Gasteiger partial charge in [0.25, 0.3) is 5.91 Å². The summed E-state index contributed by atoms with van der Waals surface area (Å²) in [5.41, 5.74) is 4.59. The molecule has 5 heteroatoms. The molecule has 1 aliphatic rings. The second-order valence-corrected chi connectivity index (χ2v) is 10.1. The summed E-state index contributed by atoms with van der Waals surface area (Å²) >= 11 is 0. The Morgan fingerprint density at radius 2 is 1.54 bits per heavy atom. The molecule has 3 aromatic rings. The van der Waals surface area contributed by atoms with Gasteiger partial charge in [0.05, 0.1) is 11.3 Å². The lowest BCUT2D eigenvalue weighted by atomic mass is 10.0. The zero-order chi connectivity index (χ0) is 25.0. The number of ether oxygens (including phenoxy) is 1. The zero-order valence-electron chi connectivity index (χ0n) is 21.1. The van der Waals surface area contributed by atoms with Gasteiger partial charge in [0.2, 0.25) is 0 Å². The van der Waals surface area contributed by atoms with Crippen molar-refractivity contribution in [1.82, 2.24) is 0 Å². The van der Waals surface area contributed by atoms with Crippen molar-refractivity contribution in [3.05, 3.63) is 83.4 Å². The largest absolute Gasteiger partial charge is 0.456 e. The summed E-state index contributed by atoms with van der Waals surface area (Å²) in [7, 11) is 0. The molecule has 0 atom stereocenters. The predicted molar refractivity (Wildman–Crippen MR) is 142 cm³/mol. The van der Waals surface area contributed by atoms with Gasteiger partial charge in [0.1, 0.15) is 5.60 Å². The Balaban J connectivity index is 1.68. The van der Waals surface area contributed by atoms with Crippen LogP contribution in [0.4, 0.5) is 11.4 Å². The number of nitrogens with zero attached hydrogens (tertiary/aromatic N) is 1. The molecule has 0 bridgehead atoms. The molecule has 1 N–H and O–H groups in total. The van der Waals surface area contributed by atoms with Gasteiger partial charge in [-0.3, -0.25) is 4.79 Å². The normalized spacial score (nSPS) is 13.9. The average Bonchev–Trinajstić information content (AvgIpc) is 2.84. The van der Waals surface area contributed by atoms with E-state index in [0.29, 0.717) is 16.8 Å². The molecule has 0 aliphatic carbocycles. The molecule has 182 valence electrons. The average molecular weight is 471 g/mol. The summed E-state index contributed by atoms with van der Waals surface area (Å²) in [6.45, 7) is 9.44. The van der Waals surface area contributed by atoms with E-state index in [0.717, 1.165) is 35.5 Å². The van der Waals surface area contributed by atoms with E-state index in [1.165, 1.54) is 19.3 Å². The first-order chi connectivity index (χ1) is 16.7. The van der Waals surface area contributed by atoms with E-state index in [9.17, 15) is 9.59 Å². The first kappa shape index (κ1) is 24.5. The molecular formula is C30H34N2O3. The highest BCUT2D eigenvalue weighted by Crippen LogP contribution is 2.29. The van der Waals surface area contributed by atoms with Crippen molar-refractivity contribution in [3.63, 3.8) is 0 Å². The van der Waals surface area contributed by atoms with Crippen molar-refractivity contribution < 1.29 is 14.3 Å². The Kier molecular flexibility index (Phi) is 7.25. The maximum absolute atomic E-state index is 13.5. The Morgan fingerprint density at radius 1 is 0.829 bits per heavy atom. The molecule has 35 heavy (non-hydrogen) atoms. The summed E-state index contributed by atoms with van der Waals surface area (Å²) in [6.07, 6.45) is 3.59. The van der Waals surface area contributed by atoms with Crippen LogP contribution in [-0.2, 0) is 4.74 Å². The molecule has 1 fully saturated rings. The lowest BCUT2D eigenvalue weighted by Crippen LogP contribution is -2.29. The maximum Gasteiger partial charge on any atom is 0.340 e. The minimum absolute atomic E-state index is 0.239. The summed E-state index contributed by atoms with van der Waals surface area (Å²) in [5.74, 6) is -0.706. The summed E-state index contributed by atoms with van der Waals surface area (Å²) in [4.78, 5) is 28.8. The van der Waals surface area contributed by atoms with Crippen molar-refractivity contribution in [3.8, 4) is 11.1 Å². The van der Waals surface area contributed by atoms with E-state index in [4.69, 9.17) is 4.74 Å². The lowest BCUT2D eigenvalue weighted by Gasteiger charge is -2.29. The van der Waals surface area contributed by atoms with Crippen LogP contribution in [0, 0.1) is 6.92 Å². The second kappa shape index (κ2) is 10.3. The minimum atomic E-state index is -0.643. The fourth-order valence-corrected chi connectivity index (χ4v) is 4.36. The van der Waals surface area contributed by atoms with E-state index in [-0.39, 0.29) is 5.91 Å². The molecule has 1 heterocycles. The van der Waals surface area contributed by atoms with Gasteiger partial charge in [-0.05, 0) is 87.9 Å². The SMILES string of the molecule is Cc1ccc(N2CCCCC2)cc1C(=O)Nc1cc(-c2ccccc2)ccc1C(=O)OC(C)(C)C. The van der Waals surface area contributed by atoms with Crippen LogP contribution in [0.5, 0.6) is 0 Å². The third-order valence-electron chi connectivity index (χ3n) is 6.18. The van der Waals surface area contributed by atoms with Crippen LogP contribution in [0.3, 0.4) is 0 Å². The predicted octanol–water partition coefficient (Wildman–Crippen LogP) is 6.86. The van der Waals surface area contributed by atoms with Crippen LogP contribution >= 0.6 is 0 Å². The Labute approximate surface area is 208 Å². The van der Waals surface area contributed by atoms with Crippen molar-refractivity contribution in [2.24, 2.45) is 0 Å². The number of carbonyl (C=O) groups excluding carboxylic acids is 2. The second-order valence-electron chi connectivity index (χ2n) is 10.1. The number of nitrogens with one attached hydrogen (secondary N) is 1. The molecule has 0 spiro atoms. The van der Waals surface area contributed by atoms with Gasteiger partial charge < -0.3 is 15.0 Å². The molecule has 0 saturated carbocycles. The van der Waals surface area contributed by atoms with Crippen LogP contribution in [-0.4, -0.2) is 30.6 Å². The van der Waals surface area contributed by atoms with Crippen LogP contribution < -0.4 is 10.2 Å². The highest BCUT2D eigenvalue weighted by Gasteiger charge is 2.23. The third-order valence-corrected chi connectivity index (χ3v) is 6.18. The molecule has 4 rings (SSSR count). The van der Waals surface area contributed by atoms with Gasteiger partial charge in [0, 0.05) is 24.3 Å². The molecule has 5 nitrogen and oxygen atoms in total. The van der Waals surface area contributed by atoms with E-state index in [2.05, 4.69) is 16.3 Å². The van der Waals surface area contributed by atoms with Crippen molar-refractivity contribution >= 4 is 23.3 Å². The Hall–Kier alpha value is -3.60. The number of aryl methyl sites for hydroxylation is 1. The molecule has 3 aromatic carbocycles. The van der Waals surface area contributed by atoms with Crippen molar-refractivity contribution in [2.75, 3.05) is 23.3 Å². The first-order valence-corrected chi connectivity index (χ1v) is 12.3. The fraction of sp³-hybridized carbons (Fsp3) is 0.333. The van der Waals surface area contributed by atoms with Crippen LogP contribution in [0.15, 0.2) is 66.7 Å². The highest BCUT2D eigenvalue weighted by atomic mass is 16.6. The highest BCUT2D eigenvalue weighted by molar-refractivity contribution is 6.09. The molecule has 0 radical (unpaired) electrons. The van der Waals surface area contributed by atoms with Crippen LogP contribution in [0.25, 0.3) is 11.1 Å². The molecule has 0 unspecified atom stereocenters. The van der Waals surface area contributed by atoms with Gasteiger partial charge in [-0.15, -0.1) is 0 Å². The minimum Gasteiger partial charge on any atom is -0.456 e. The first-order valence-electron chi connectivity index (χ1n) is 12.3. The number of benzene rings is 3. The van der Waals surface area contributed by atoms with Gasteiger partial charge in [0.15, 0.2) is 0 Å². The van der Waals surface area contributed by atoms with Crippen molar-refractivity contribution in [1.29, 1.82) is 0 Å². The number of hydrogen-bond donors (Lipinski definition) is 1. The zero-order valence-corrected chi connectivity index (χ0v) is 21.1. The standard InChI is InChI=1S/C30H34N2O3/c1-21-13-15-24(32-17-9-6-10-18-32)20-26(21)28(33)31-27-19-23(22-11-7-5-8-12-22)14-16-25(27)29(34)35-30(2,3)4/h5,7-8,11-16,19-20H,6,9-10,17-18H2,1-4H3,(H,31,33). The number of anilines is 2. The van der Waals surface area contributed by atoms with Crippen LogP contribution in [0.2, 0.25) is 0 Å². The topological polar surface area (TPSA) is 58.6 Å².